The molecule has 0 bridgehead atoms. The largest absolute Gasteiger partial charge is 0.397 e. The Bertz CT molecular complexity index is 141. The van der Waals surface area contributed by atoms with Crippen molar-refractivity contribution < 1.29 is 8.85 Å². The van der Waals surface area contributed by atoms with Crippen molar-refractivity contribution in [2.24, 2.45) is 0 Å². The summed E-state index contributed by atoms with van der Waals surface area (Å²) in [6, 6.07) is 1.04. The number of hydrogen-bond acceptors (Lipinski definition) is 3. The topological polar surface area (TPSA) is 18.5 Å². The molecule has 0 aromatic carbocycles. The fraction of sp³-hybridized carbons (Fsp3) is 1.00. The number of thiol groups is 1. The van der Waals surface area contributed by atoms with E-state index in [0.29, 0.717) is 5.25 Å². The molecule has 0 aliphatic rings. The smallest absolute Gasteiger partial charge is 0.322 e. The molecule has 16 heavy (non-hydrogen) atoms. The lowest BCUT2D eigenvalue weighted by Crippen LogP contribution is -2.26. The molecule has 98 valence electrons. The van der Waals surface area contributed by atoms with E-state index in [1.807, 2.05) is 13.8 Å². The monoisotopic (exact) mass is 264 g/mol. The third-order valence-electron chi connectivity index (χ3n) is 2.56. The van der Waals surface area contributed by atoms with Gasteiger partial charge in [0.15, 0.2) is 0 Å². The third-order valence-corrected chi connectivity index (χ3v) is 5.79. The fourth-order valence-corrected chi connectivity index (χ4v) is 4.19. The van der Waals surface area contributed by atoms with Gasteiger partial charge in [0, 0.05) is 18.5 Å². The molecule has 0 aliphatic carbocycles. The minimum absolute atomic E-state index is 0.464. The minimum atomic E-state index is -1.43. The summed E-state index contributed by atoms with van der Waals surface area (Å²) in [6.07, 6.45) is 6.47. The highest BCUT2D eigenvalue weighted by Gasteiger charge is 2.16. The summed E-state index contributed by atoms with van der Waals surface area (Å²) < 4.78 is 11.3. The first-order valence-electron chi connectivity index (χ1n) is 6.65. The molecule has 2 nitrogen and oxygen atoms in total. The van der Waals surface area contributed by atoms with Crippen LogP contribution in [-0.2, 0) is 8.85 Å². The maximum atomic E-state index is 5.65. The quantitative estimate of drug-likeness (QED) is 0.349. The van der Waals surface area contributed by atoms with Crippen LogP contribution in [0.3, 0.4) is 0 Å². The van der Waals surface area contributed by atoms with E-state index in [1.165, 1.54) is 32.1 Å². The first-order chi connectivity index (χ1) is 7.74. The van der Waals surface area contributed by atoms with Crippen molar-refractivity contribution in [2.45, 2.75) is 64.2 Å². The lowest BCUT2D eigenvalue weighted by atomic mass is 10.1. The lowest BCUT2D eigenvalue weighted by molar-refractivity contribution is 0.213. The molecule has 0 spiro atoms. The number of rotatable bonds is 11. The molecule has 0 saturated carbocycles. The molecule has 0 N–H and O–H groups in total. The molecule has 0 amide bonds. The SMILES string of the molecule is CCCCCCC(S)C[SiH](OCC)OCC. The molecule has 4 heteroatoms. The fourth-order valence-electron chi connectivity index (χ4n) is 1.70. The van der Waals surface area contributed by atoms with Gasteiger partial charge in [-0.1, -0.05) is 32.6 Å². The molecule has 0 rings (SSSR count). The van der Waals surface area contributed by atoms with Gasteiger partial charge in [0.05, 0.1) is 0 Å². The average molecular weight is 265 g/mol. The second-order valence-corrected chi connectivity index (χ2v) is 6.81. The summed E-state index contributed by atoms with van der Waals surface area (Å²) >= 11 is 4.63. The number of hydrogen-bond donors (Lipinski definition) is 1. The zero-order chi connectivity index (χ0) is 12.2. The van der Waals surface area contributed by atoms with Gasteiger partial charge in [-0.3, -0.25) is 0 Å². The summed E-state index contributed by atoms with van der Waals surface area (Å²) in [5, 5.41) is 0.464. The van der Waals surface area contributed by atoms with E-state index in [-0.39, 0.29) is 0 Å². The second-order valence-electron chi connectivity index (χ2n) is 4.08. The third kappa shape index (κ3) is 9.69. The van der Waals surface area contributed by atoms with Gasteiger partial charge < -0.3 is 8.85 Å². The Morgan fingerprint density at radius 1 is 1.00 bits per heavy atom. The van der Waals surface area contributed by atoms with E-state index in [2.05, 4.69) is 19.6 Å². The molecule has 1 atom stereocenters. The van der Waals surface area contributed by atoms with Crippen LogP contribution in [0.1, 0.15) is 52.9 Å². The summed E-state index contributed by atoms with van der Waals surface area (Å²) in [4.78, 5) is 0. The first kappa shape index (κ1) is 16.5. The van der Waals surface area contributed by atoms with Crippen LogP contribution in [0.25, 0.3) is 0 Å². The average Bonchev–Trinajstić information content (AvgIpc) is 2.25. The normalized spacial score (nSPS) is 13.3. The molecule has 0 fully saturated rings. The van der Waals surface area contributed by atoms with Crippen molar-refractivity contribution in [2.75, 3.05) is 13.2 Å². The van der Waals surface area contributed by atoms with E-state index < -0.39 is 9.28 Å². The van der Waals surface area contributed by atoms with Crippen LogP contribution in [-0.4, -0.2) is 27.7 Å². The Morgan fingerprint density at radius 2 is 1.62 bits per heavy atom. The maximum absolute atomic E-state index is 5.65. The minimum Gasteiger partial charge on any atom is -0.397 e. The van der Waals surface area contributed by atoms with E-state index in [1.54, 1.807) is 0 Å². The van der Waals surface area contributed by atoms with Crippen molar-refractivity contribution >= 4 is 21.9 Å². The Morgan fingerprint density at radius 3 is 2.12 bits per heavy atom. The van der Waals surface area contributed by atoms with E-state index in [4.69, 9.17) is 8.85 Å². The molecule has 0 radical (unpaired) electrons. The van der Waals surface area contributed by atoms with E-state index in [0.717, 1.165) is 19.3 Å². The van der Waals surface area contributed by atoms with Gasteiger partial charge in [0.1, 0.15) is 0 Å². The zero-order valence-electron chi connectivity index (χ0n) is 11.1. The predicted molar refractivity (Wildman–Crippen MR) is 76.7 cm³/mol. The molecule has 0 aromatic heterocycles. The standard InChI is InChI=1S/C12H28O2SSi/c1-4-7-8-9-10-12(15)11-16(13-5-2)14-6-3/h12,15-16H,4-11H2,1-3H3. The van der Waals surface area contributed by atoms with Crippen LogP contribution in [0.15, 0.2) is 0 Å². The maximum Gasteiger partial charge on any atom is 0.322 e. The summed E-state index contributed by atoms with van der Waals surface area (Å²) in [5.41, 5.74) is 0. The van der Waals surface area contributed by atoms with Gasteiger partial charge >= 0.3 is 9.28 Å². The Hall–Kier alpha value is 0.487. The Labute approximate surface area is 108 Å². The van der Waals surface area contributed by atoms with Crippen LogP contribution >= 0.6 is 12.6 Å². The van der Waals surface area contributed by atoms with Crippen LogP contribution in [0.4, 0.5) is 0 Å². The second kappa shape index (κ2) is 12.0. The number of unbranched alkanes of at least 4 members (excludes halogenated alkanes) is 3. The highest BCUT2D eigenvalue weighted by atomic mass is 32.1. The van der Waals surface area contributed by atoms with Crippen molar-refractivity contribution in [3.8, 4) is 0 Å². The Kier molecular flexibility index (Phi) is 12.3. The summed E-state index contributed by atoms with van der Waals surface area (Å²) in [6.45, 7) is 7.85. The molecule has 0 heterocycles. The van der Waals surface area contributed by atoms with Gasteiger partial charge in [-0.05, 0) is 26.3 Å². The van der Waals surface area contributed by atoms with E-state index >= 15 is 0 Å². The van der Waals surface area contributed by atoms with Gasteiger partial charge in [-0.2, -0.15) is 12.6 Å². The molecule has 0 aliphatic heterocycles. The predicted octanol–water partition coefficient (Wildman–Crippen LogP) is 3.55. The van der Waals surface area contributed by atoms with Gasteiger partial charge in [-0.25, -0.2) is 0 Å². The van der Waals surface area contributed by atoms with Gasteiger partial charge in [0.2, 0.25) is 0 Å². The van der Waals surface area contributed by atoms with Crippen LogP contribution in [0.5, 0.6) is 0 Å². The van der Waals surface area contributed by atoms with Gasteiger partial charge in [0.25, 0.3) is 0 Å². The summed E-state index contributed by atoms with van der Waals surface area (Å²) in [7, 11) is -1.43. The molecule has 0 aromatic rings. The van der Waals surface area contributed by atoms with Crippen LogP contribution in [0.2, 0.25) is 6.04 Å². The molecular formula is C12H28O2SSi. The Balaban J connectivity index is 3.59. The van der Waals surface area contributed by atoms with E-state index in [9.17, 15) is 0 Å². The van der Waals surface area contributed by atoms with Crippen molar-refractivity contribution in [1.82, 2.24) is 0 Å². The zero-order valence-corrected chi connectivity index (χ0v) is 13.1. The van der Waals surface area contributed by atoms with Crippen molar-refractivity contribution in [3.05, 3.63) is 0 Å². The van der Waals surface area contributed by atoms with Crippen molar-refractivity contribution in [1.29, 1.82) is 0 Å². The lowest BCUT2D eigenvalue weighted by Gasteiger charge is -2.18. The molecule has 1 unspecified atom stereocenters. The van der Waals surface area contributed by atoms with Crippen LogP contribution in [0, 0.1) is 0 Å². The summed E-state index contributed by atoms with van der Waals surface area (Å²) in [5.74, 6) is 0. The highest BCUT2D eigenvalue weighted by molar-refractivity contribution is 7.81. The van der Waals surface area contributed by atoms with Crippen molar-refractivity contribution in [3.63, 3.8) is 0 Å². The molecule has 0 saturated heterocycles. The van der Waals surface area contributed by atoms with Crippen LogP contribution < -0.4 is 0 Å². The van der Waals surface area contributed by atoms with Gasteiger partial charge in [-0.15, -0.1) is 0 Å². The first-order valence-corrected chi connectivity index (χ1v) is 8.93. The molecular weight excluding hydrogens is 236 g/mol. The highest BCUT2D eigenvalue weighted by Crippen LogP contribution is 2.16.